The predicted octanol–water partition coefficient (Wildman–Crippen LogP) is 1.77. The summed E-state index contributed by atoms with van der Waals surface area (Å²) in [5.41, 5.74) is 2.17. The Labute approximate surface area is 149 Å². The Morgan fingerprint density at radius 3 is 2.65 bits per heavy atom. The van der Waals surface area contributed by atoms with E-state index in [1.165, 1.54) is 21.7 Å². The van der Waals surface area contributed by atoms with Crippen molar-refractivity contribution in [3.63, 3.8) is 0 Å². The number of benzene rings is 2. The minimum Gasteiger partial charge on any atom is -0.454 e. The molecule has 0 aliphatic rings. The van der Waals surface area contributed by atoms with Crippen LogP contribution >= 0.6 is 0 Å². The Morgan fingerprint density at radius 2 is 1.88 bits per heavy atom. The summed E-state index contributed by atoms with van der Waals surface area (Å²) in [4.78, 5) is 25.4. The zero-order valence-corrected chi connectivity index (χ0v) is 14.1. The van der Waals surface area contributed by atoms with Crippen LogP contribution in [0.15, 0.2) is 48.5 Å². The fourth-order valence-corrected chi connectivity index (χ4v) is 2.41. The van der Waals surface area contributed by atoms with Crippen molar-refractivity contribution in [3.8, 4) is 0 Å². The fraction of sp³-hybridized carbons (Fsp3) is 0.222. The standard InChI is InChI=1S/C18H17FN4O3/c1-22(10-13-6-8-14(19)9-7-13)17(24)12-26-18(25)11-23-16-5-3-2-4-15(16)20-21-23/h2-9H,10-12H2,1H3. The number of nitrogens with zero attached hydrogens (tertiary/aromatic N) is 4. The van der Waals surface area contributed by atoms with Crippen LogP contribution < -0.4 is 0 Å². The normalized spacial score (nSPS) is 10.7. The molecule has 134 valence electrons. The average Bonchev–Trinajstić information content (AvgIpc) is 3.04. The molecule has 1 heterocycles. The van der Waals surface area contributed by atoms with E-state index in [9.17, 15) is 14.0 Å². The van der Waals surface area contributed by atoms with Gasteiger partial charge in [0, 0.05) is 13.6 Å². The maximum Gasteiger partial charge on any atom is 0.328 e. The molecule has 0 spiro atoms. The molecule has 2 aromatic carbocycles. The van der Waals surface area contributed by atoms with Gasteiger partial charge >= 0.3 is 5.97 Å². The van der Waals surface area contributed by atoms with E-state index in [4.69, 9.17) is 4.74 Å². The van der Waals surface area contributed by atoms with Crippen LogP contribution in [0.2, 0.25) is 0 Å². The molecule has 8 heteroatoms. The number of hydrogen-bond acceptors (Lipinski definition) is 5. The summed E-state index contributed by atoms with van der Waals surface area (Å²) in [6.07, 6.45) is 0. The Kier molecular flexibility index (Phi) is 5.21. The van der Waals surface area contributed by atoms with Gasteiger partial charge in [-0.1, -0.05) is 29.5 Å². The number of amides is 1. The van der Waals surface area contributed by atoms with Crippen LogP contribution in [0.5, 0.6) is 0 Å². The van der Waals surface area contributed by atoms with Crippen LogP contribution in [-0.4, -0.2) is 45.4 Å². The Bertz CT molecular complexity index is 924. The third kappa shape index (κ3) is 4.21. The highest BCUT2D eigenvalue weighted by Gasteiger charge is 2.14. The van der Waals surface area contributed by atoms with Gasteiger partial charge in [-0.15, -0.1) is 5.10 Å². The van der Waals surface area contributed by atoms with Gasteiger partial charge in [0.15, 0.2) is 6.61 Å². The molecule has 0 saturated carbocycles. The number of rotatable bonds is 6. The number of carbonyl (C=O) groups excluding carboxylic acids is 2. The van der Waals surface area contributed by atoms with Crippen molar-refractivity contribution in [2.24, 2.45) is 0 Å². The molecule has 0 aliphatic carbocycles. The average molecular weight is 356 g/mol. The van der Waals surface area contributed by atoms with Crippen LogP contribution in [0.3, 0.4) is 0 Å². The van der Waals surface area contributed by atoms with E-state index in [1.54, 1.807) is 31.3 Å². The molecule has 0 unspecified atom stereocenters. The number of carbonyl (C=O) groups is 2. The monoisotopic (exact) mass is 356 g/mol. The van der Waals surface area contributed by atoms with Crippen molar-refractivity contribution < 1.29 is 18.7 Å². The molecule has 1 amide bonds. The second kappa shape index (κ2) is 7.73. The van der Waals surface area contributed by atoms with E-state index >= 15 is 0 Å². The van der Waals surface area contributed by atoms with Crippen LogP contribution in [-0.2, 0) is 27.4 Å². The topological polar surface area (TPSA) is 77.3 Å². The number of halogens is 1. The first kappa shape index (κ1) is 17.5. The Hall–Kier alpha value is -3.29. The molecule has 0 radical (unpaired) electrons. The molecular weight excluding hydrogens is 339 g/mol. The third-order valence-corrected chi connectivity index (χ3v) is 3.81. The Morgan fingerprint density at radius 1 is 1.15 bits per heavy atom. The SMILES string of the molecule is CN(Cc1ccc(F)cc1)C(=O)COC(=O)Cn1nnc2ccccc21. The molecule has 3 rings (SSSR count). The first-order valence-corrected chi connectivity index (χ1v) is 7.95. The summed E-state index contributed by atoms with van der Waals surface area (Å²) >= 11 is 0. The molecule has 0 atom stereocenters. The number of fused-ring (bicyclic) bond motifs is 1. The van der Waals surface area contributed by atoms with E-state index in [2.05, 4.69) is 10.3 Å². The lowest BCUT2D eigenvalue weighted by Gasteiger charge is -2.17. The maximum atomic E-state index is 12.9. The van der Waals surface area contributed by atoms with Gasteiger partial charge in [0.2, 0.25) is 0 Å². The summed E-state index contributed by atoms with van der Waals surface area (Å²) in [5.74, 6) is -1.27. The summed E-state index contributed by atoms with van der Waals surface area (Å²) in [6, 6.07) is 13.1. The molecule has 0 fully saturated rings. The smallest absolute Gasteiger partial charge is 0.328 e. The van der Waals surface area contributed by atoms with Crippen molar-refractivity contribution in [1.82, 2.24) is 19.9 Å². The van der Waals surface area contributed by atoms with Crippen LogP contribution in [0, 0.1) is 5.82 Å². The molecule has 0 bridgehead atoms. The van der Waals surface area contributed by atoms with Crippen molar-refractivity contribution in [3.05, 3.63) is 59.9 Å². The molecule has 26 heavy (non-hydrogen) atoms. The molecule has 0 N–H and O–H groups in total. The minimum atomic E-state index is -0.579. The lowest BCUT2D eigenvalue weighted by molar-refractivity contribution is -0.152. The quantitative estimate of drug-likeness (QED) is 0.629. The zero-order chi connectivity index (χ0) is 18.5. The highest BCUT2D eigenvalue weighted by atomic mass is 19.1. The van der Waals surface area contributed by atoms with E-state index in [-0.39, 0.29) is 24.9 Å². The molecule has 7 nitrogen and oxygen atoms in total. The summed E-state index contributed by atoms with van der Waals surface area (Å²) in [6.45, 7) is -0.205. The third-order valence-electron chi connectivity index (χ3n) is 3.81. The van der Waals surface area contributed by atoms with Gasteiger partial charge in [-0.05, 0) is 29.8 Å². The fourth-order valence-electron chi connectivity index (χ4n) is 2.41. The summed E-state index contributed by atoms with van der Waals surface area (Å²) in [5, 5.41) is 7.85. The van der Waals surface area contributed by atoms with Gasteiger partial charge in [-0.25, -0.2) is 9.07 Å². The lowest BCUT2D eigenvalue weighted by Crippen LogP contribution is -2.31. The van der Waals surface area contributed by atoms with Crippen molar-refractivity contribution in [2.75, 3.05) is 13.7 Å². The highest BCUT2D eigenvalue weighted by molar-refractivity contribution is 5.81. The van der Waals surface area contributed by atoms with E-state index in [0.29, 0.717) is 17.6 Å². The molecule has 1 aromatic heterocycles. The van der Waals surface area contributed by atoms with Crippen LogP contribution in [0.4, 0.5) is 4.39 Å². The highest BCUT2D eigenvalue weighted by Crippen LogP contribution is 2.10. The Balaban J connectivity index is 1.50. The van der Waals surface area contributed by atoms with Crippen molar-refractivity contribution >= 4 is 22.9 Å². The number of para-hydroxylation sites is 1. The van der Waals surface area contributed by atoms with Crippen LogP contribution in [0.25, 0.3) is 11.0 Å². The minimum absolute atomic E-state index is 0.129. The maximum absolute atomic E-state index is 12.9. The van der Waals surface area contributed by atoms with Gasteiger partial charge in [0.1, 0.15) is 17.9 Å². The van der Waals surface area contributed by atoms with Crippen molar-refractivity contribution in [1.29, 1.82) is 0 Å². The van der Waals surface area contributed by atoms with E-state index in [1.807, 2.05) is 12.1 Å². The lowest BCUT2D eigenvalue weighted by atomic mass is 10.2. The van der Waals surface area contributed by atoms with Gasteiger partial charge in [0.05, 0.1) is 5.52 Å². The molecular formula is C18H17FN4O3. The number of ether oxygens (including phenoxy) is 1. The predicted molar refractivity (Wildman–Crippen MR) is 91.4 cm³/mol. The van der Waals surface area contributed by atoms with E-state index < -0.39 is 5.97 Å². The molecule has 0 saturated heterocycles. The van der Waals surface area contributed by atoms with Crippen molar-refractivity contribution in [2.45, 2.75) is 13.1 Å². The molecule has 0 aliphatic heterocycles. The summed E-state index contributed by atoms with van der Waals surface area (Å²) in [7, 11) is 1.59. The van der Waals surface area contributed by atoms with E-state index in [0.717, 1.165) is 5.56 Å². The zero-order valence-electron chi connectivity index (χ0n) is 14.1. The second-order valence-electron chi connectivity index (χ2n) is 5.77. The van der Waals surface area contributed by atoms with Gasteiger partial charge in [0.25, 0.3) is 5.91 Å². The number of likely N-dealkylation sites (N-methyl/N-ethyl adjacent to an activating group) is 1. The largest absolute Gasteiger partial charge is 0.454 e. The van der Waals surface area contributed by atoms with Gasteiger partial charge < -0.3 is 9.64 Å². The van der Waals surface area contributed by atoms with Crippen LogP contribution in [0.1, 0.15) is 5.56 Å². The number of aromatic nitrogens is 3. The first-order valence-electron chi connectivity index (χ1n) is 7.95. The number of esters is 1. The van der Waals surface area contributed by atoms with Gasteiger partial charge in [-0.2, -0.15) is 0 Å². The second-order valence-corrected chi connectivity index (χ2v) is 5.77. The number of hydrogen-bond donors (Lipinski definition) is 0. The summed E-state index contributed by atoms with van der Waals surface area (Å²) < 4.78 is 19.3. The first-order chi connectivity index (χ1) is 12.5. The van der Waals surface area contributed by atoms with Gasteiger partial charge in [-0.3, -0.25) is 9.59 Å². The molecule has 3 aromatic rings.